The molecule has 1 heterocycles. The van der Waals surface area contributed by atoms with Gasteiger partial charge in [0.2, 0.25) is 5.91 Å². The molecule has 0 radical (unpaired) electrons. The molecule has 1 aliphatic heterocycles. The number of hydrogen-bond donors (Lipinski definition) is 0. The van der Waals surface area contributed by atoms with Gasteiger partial charge in [-0.15, -0.1) is 0 Å². The van der Waals surface area contributed by atoms with Gasteiger partial charge >= 0.3 is 0 Å². The summed E-state index contributed by atoms with van der Waals surface area (Å²) in [6, 6.07) is 8.16. The number of ketones is 1. The zero-order valence-electron chi connectivity index (χ0n) is 13.6. The number of benzene rings is 1. The maximum Gasteiger partial charge on any atom is 0.234 e. The summed E-state index contributed by atoms with van der Waals surface area (Å²) in [7, 11) is 0. The number of nitrogens with zero attached hydrogens (tertiary/aromatic N) is 1. The summed E-state index contributed by atoms with van der Waals surface area (Å²) >= 11 is 0. The Kier molecular flexibility index (Phi) is 2.55. The zero-order chi connectivity index (χ0) is 15.8. The number of para-hydroxylation sites is 1. The van der Waals surface area contributed by atoms with Crippen molar-refractivity contribution in [2.24, 2.45) is 16.2 Å². The van der Waals surface area contributed by atoms with E-state index in [0.29, 0.717) is 6.42 Å². The van der Waals surface area contributed by atoms with Crippen molar-refractivity contribution in [1.82, 2.24) is 0 Å². The van der Waals surface area contributed by atoms with Gasteiger partial charge in [0, 0.05) is 24.1 Å². The topological polar surface area (TPSA) is 37.4 Å². The maximum absolute atomic E-state index is 13.5. The summed E-state index contributed by atoms with van der Waals surface area (Å²) in [6.07, 6.45) is 3.04. The SMILES string of the molecule is CC1(C)[C@]2(C(=O)N3CCc4ccccc43)CC[C@@]1(C)C(=O)C2. The highest BCUT2D eigenvalue weighted by Gasteiger charge is 2.73. The minimum Gasteiger partial charge on any atom is -0.311 e. The van der Waals surface area contributed by atoms with Crippen LogP contribution in [0, 0.1) is 16.2 Å². The molecule has 4 rings (SSSR count). The molecule has 2 saturated carbocycles. The summed E-state index contributed by atoms with van der Waals surface area (Å²) in [5, 5.41) is 0. The molecule has 3 heteroatoms. The van der Waals surface area contributed by atoms with Gasteiger partial charge in [0.15, 0.2) is 0 Å². The second-order valence-corrected chi connectivity index (χ2v) is 7.97. The van der Waals surface area contributed by atoms with Crippen LogP contribution in [0.15, 0.2) is 24.3 Å². The van der Waals surface area contributed by atoms with Crippen molar-refractivity contribution in [3.05, 3.63) is 29.8 Å². The standard InChI is InChI=1S/C19H23NO2/c1-17(2)18(3)9-10-19(17,12-15(18)21)16(22)20-11-8-13-6-4-5-7-14(13)20/h4-7H,8-12H2,1-3H3/t18-,19+/m0/s1. The quantitative estimate of drug-likeness (QED) is 0.797. The summed E-state index contributed by atoms with van der Waals surface area (Å²) in [6.45, 7) is 7.08. The first-order valence-electron chi connectivity index (χ1n) is 8.27. The highest BCUT2D eigenvalue weighted by atomic mass is 16.2. The van der Waals surface area contributed by atoms with Gasteiger partial charge in [-0.25, -0.2) is 0 Å². The molecule has 3 nitrogen and oxygen atoms in total. The number of amides is 1. The van der Waals surface area contributed by atoms with E-state index in [1.54, 1.807) is 0 Å². The molecule has 1 amide bonds. The number of fused-ring (bicyclic) bond motifs is 3. The monoisotopic (exact) mass is 297 g/mol. The van der Waals surface area contributed by atoms with Crippen molar-refractivity contribution in [2.45, 2.75) is 46.5 Å². The van der Waals surface area contributed by atoms with Crippen molar-refractivity contribution >= 4 is 17.4 Å². The first-order valence-corrected chi connectivity index (χ1v) is 8.27. The average molecular weight is 297 g/mol. The molecule has 2 aliphatic carbocycles. The fourth-order valence-electron chi connectivity index (χ4n) is 5.14. The predicted molar refractivity (Wildman–Crippen MR) is 85.7 cm³/mol. The Morgan fingerprint density at radius 2 is 1.86 bits per heavy atom. The van der Waals surface area contributed by atoms with Crippen LogP contribution in [0.5, 0.6) is 0 Å². The predicted octanol–water partition coefficient (Wildman–Crippen LogP) is 3.36. The number of Topliss-reactive ketones (excluding diaryl/α,β-unsaturated/α-hetero) is 1. The molecular weight excluding hydrogens is 274 g/mol. The van der Waals surface area contributed by atoms with Crippen LogP contribution in [0.1, 0.15) is 45.6 Å². The minimum absolute atomic E-state index is 0.178. The van der Waals surface area contributed by atoms with Gasteiger partial charge in [0.25, 0.3) is 0 Å². The lowest BCUT2D eigenvalue weighted by atomic mass is 9.64. The van der Waals surface area contributed by atoms with Crippen LogP contribution in [-0.4, -0.2) is 18.2 Å². The fourth-order valence-corrected chi connectivity index (χ4v) is 5.14. The van der Waals surface area contributed by atoms with Gasteiger partial charge in [0.1, 0.15) is 5.78 Å². The molecule has 1 aromatic rings. The molecule has 2 fully saturated rings. The van der Waals surface area contributed by atoms with E-state index in [2.05, 4.69) is 26.8 Å². The largest absolute Gasteiger partial charge is 0.311 e. The van der Waals surface area contributed by atoms with Crippen LogP contribution >= 0.6 is 0 Å². The second-order valence-electron chi connectivity index (χ2n) is 7.97. The first-order chi connectivity index (χ1) is 10.3. The number of carbonyl (C=O) groups excluding carboxylic acids is 2. The lowest BCUT2D eigenvalue weighted by molar-refractivity contribution is -0.133. The highest BCUT2D eigenvalue weighted by Crippen LogP contribution is 2.71. The molecule has 2 atom stereocenters. The van der Waals surface area contributed by atoms with Gasteiger partial charge < -0.3 is 4.90 Å². The van der Waals surface area contributed by atoms with E-state index in [0.717, 1.165) is 31.5 Å². The minimum atomic E-state index is -0.504. The third-order valence-electron chi connectivity index (χ3n) is 7.25. The summed E-state index contributed by atoms with van der Waals surface area (Å²) in [5.41, 5.74) is 1.20. The van der Waals surface area contributed by atoms with Gasteiger partial charge in [-0.2, -0.15) is 0 Å². The van der Waals surface area contributed by atoms with Crippen LogP contribution in [0.2, 0.25) is 0 Å². The molecule has 2 bridgehead atoms. The Balaban J connectivity index is 1.77. The Bertz CT molecular complexity index is 692. The third-order valence-corrected chi connectivity index (χ3v) is 7.25. The molecule has 0 N–H and O–H groups in total. The van der Waals surface area contributed by atoms with Crippen LogP contribution < -0.4 is 4.90 Å². The summed E-state index contributed by atoms with van der Waals surface area (Å²) in [4.78, 5) is 28.0. The Morgan fingerprint density at radius 3 is 2.50 bits per heavy atom. The van der Waals surface area contributed by atoms with E-state index >= 15 is 0 Å². The van der Waals surface area contributed by atoms with E-state index < -0.39 is 5.41 Å². The molecule has 1 aromatic carbocycles. The van der Waals surface area contributed by atoms with Crippen molar-refractivity contribution in [3.8, 4) is 0 Å². The van der Waals surface area contributed by atoms with E-state index in [4.69, 9.17) is 0 Å². The van der Waals surface area contributed by atoms with Crippen molar-refractivity contribution < 1.29 is 9.59 Å². The lowest BCUT2D eigenvalue weighted by Gasteiger charge is -2.40. The van der Waals surface area contributed by atoms with E-state index in [1.165, 1.54) is 5.56 Å². The van der Waals surface area contributed by atoms with Gasteiger partial charge in [-0.1, -0.05) is 39.0 Å². The molecular formula is C19H23NO2. The smallest absolute Gasteiger partial charge is 0.234 e. The highest BCUT2D eigenvalue weighted by molar-refractivity contribution is 6.06. The number of anilines is 1. The molecule has 22 heavy (non-hydrogen) atoms. The lowest BCUT2D eigenvalue weighted by Crippen LogP contribution is -2.48. The van der Waals surface area contributed by atoms with Crippen LogP contribution in [0.25, 0.3) is 0 Å². The average Bonchev–Trinajstić information content (AvgIpc) is 3.04. The Morgan fingerprint density at radius 1 is 1.14 bits per heavy atom. The van der Waals surface area contributed by atoms with Crippen molar-refractivity contribution in [3.63, 3.8) is 0 Å². The zero-order valence-corrected chi connectivity index (χ0v) is 13.6. The first kappa shape index (κ1) is 14.0. The summed E-state index contributed by atoms with van der Waals surface area (Å²) in [5.74, 6) is 0.460. The number of carbonyl (C=O) groups is 2. The van der Waals surface area contributed by atoms with Gasteiger partial charge in [-0.05, 0) is 36.3 Å². The van der Waals surface area contributed by atoms with Gasteiger partial charge in [-0.3, -0.25) is 9.59 Å². The summed E-state index contributed by atoms with van der Waals surface area (Å²) < 4.78 is 0. The maximum atomic E-state index is 13.5. The molecule has 0 unspecified atom stereocenters. The van der Waals surface area contributed by atoms with Crippen molar-refractivity contribution in [1.29, 1.82) is 0 Å². The number of rotatable bonds is 1. The molecule has 0 spiro atoms. The van der Waals surface area contributed by atoms with E-state index in [1.807, 2.05) is 23.1 Å². The molecule has 0 aromatic heterocycles. The van der Waals surface area contributed by atoms with Crippen LogP contribution in [0.4, 0.5) is 5.69 Å². The normalized spacial score (nSPS) is 35.0. The van der Waals surface area contributed by atoms with Crippen LogP contribution in [0.3, 0.4) is 0 Å². The van der Waals surface area contributed by atoms with Gasteiger partial charge in [0.05, 0.1) is 5.41 Å². The van der Waals surface area contributed by atoms with Crippen molar-refractivity contribution in [2.75, 3.05) is 11.4 Å². The molecule has 0 saturated heterocycles. The Labute approximate surface area is 131 Å². The third kappa shape index (κ3) is 1.34. The number of hydrogen-bond acceptors (Lipinski definition) is 2. The Hall–Kier alpha value is -1.64. The second kappa shape index (κ2) is 4.01. The van der Waals surface area contributed by atoms with E-state index in [-0.39, 0.29) is 22.5 Å². The van der Waals surface area contributed by atoms with E-state index in [9.17, 15) is 9.59 Å². The molecule has 116 valence electrons. The molecule has 3 aliphatic rings. The fraction of sp³-hybridized carbons (Fsp3) is 0.579. The van der Waals surface area contributed by atoms with Crippen LogP contribution in [-0.2, 0) is 16.0 Å².